The number of urea groups is 1. The Bertz CT molecular complexity index is 936. The molecule has 2 aromatic carbocycles. The minimum Gasteiger partial charge on any atom is -0.352 e. The number of nitrogens with one attached hydrogen (secondary N) is 3. The third kappa shape index (κ3) is 8.48. The van der Waals surface area contributed by atoms with Crippen molar-refractivity contribution in [2.45, 2.75) is 45.7 Å². The first kappa shape index (κ1) is 24.4. The smallest absolute Gasteiger partial charge is 0.319 e. The molecular weight excluding hydrogens is 406 g/mol. The molecule has 0 atom stereocenters. The van der Waals surface area contributed by atoms with Crippen molar-refractivity contribution >= 4 is 29.2 Å². The summed E-state index contributed by atoms with van der Waals surface area (Å²) in [6.07, 6.45) is 0.334. The van der Waals surface area contributed by atoms with E-state index in [9.17, 15) is 14.4 Å². The van der Waals surface area contributed by atoms with Gasteiger partial charge in [0.1, 0.15) is 0 Å². The van der Waals surface area contributed by atoms with E-state index in [0.29, 0.717) is 17.9 Å². The fraction of sp³-hybridized carbons (Fsp3) is 0.333. The fourth-order valence-corrected chi connectivity index (χ4v) is 2.95. The maximum Gasteiger partial charge on any atom is 0.319 e. The van der Waals surface area contributed by atoms with Gasteiger partial charge in [0, 0.05) is 43.3 Å². The SMILES string of the molecule is CC(C)NC(=O)Nc1ccc(CNC(=O)CCC(=O)N(CCC#N)c2ccccc2)cc1. The highest BCUT2D eigenvalue weighted by molar-refractivity contribution is 5.95. The number of hydrogen-bond donors (Lipinski definition) is 3. The largest absolute Gasteiger partial charge is 0.352 e. The third-order valence-electron chi connectivity index (χ3n) is 4.50. The van der Waals surface area contributed by atoms with Gasteiger partial charge in [-0.15, -0.1) is 0 Å². The highest BCUT2D eigenvalue weighted by Crippen LogP contribution is 2.16. The van der Waals surface area contributed by atoms with Crippen LogP contribution in [0.5, 0.6) is 0 Å². The number of para-hydroxylation sites is 1. The number of carbonyl (C=O) groups excluding carboxylic acids is 3. The van der Waals surface area contributed by atoms with E-state index in [1.54, 1.807) is 24.3 Å². The number of benzene rings is 2. The average molecular weight is 436 g/mol. The Morgan fingerprint density at radius 3 is 2.31 bits per heavy atom. The van der Waals surface area contributed by atoms with E-state index in [1.165, 1.54) is 4.90 Å². The molecule has 0 bridgehead atoms. The maximum absolute atomic E-state index is 12.6. The van der Waals surface area contributed by atoms with Gasteiger partial charge in [0.15, 0.2) is 0 Å². The van der Waals surface area contributed by atoms with Gasteiger partial charge in [0.05, 0.1) is 12.5 Å². The molecule has 168 valence electrons. The van der Waals surface area contributed by atoms with Crippen LogP contribution in [-0.4, -0.2) is 30.4 Å². The first-order valence-electron chi connectivity index (χ1n) is 10.5. The van der Waals surface area contributed by atoms with Gasteiger partial charge in [-0.2, -0.15) is 5.26 Å². The highest BCUT2D eigenvalue weighted by atomic mass is 16.2. The lowest BCUT2D eigenvalue weighted by atomic mass is 10.2. The Morgan fingerprint density at radius 2 is 1.69 bits per heavy atom. The van der Waals surface area contributed by atoms with Crippen molar-refractivity contribution in [3.05, 3.63) is 60.2 Å². The molecule has 0 unspecified atom stereocenters. The van der Waals surface area contributed by atoms with Gasteiger partial charge in [-0.05, 0) is 43.7 Å². The summed E-state index contributed by atoms with van der Waals surface area (Å²) in [5, 5.41) is 17.1. The van der Waals surface area contributed by atoms with Gasteiger partial charge >= 0.3 is 6.03 Å². The lowest BCUT2D eigenvalue weighted by Gasteiger charge is -2.21. The van der Waals surface area contributed by atoms with Crippen LogP contribution in [0.4, 0.5) is 16.2 Å². The number of carbonyl (C=O) groups is 3. The normalized spacial score (nSPS) is 10.2. The second-order valence-corrected chi connectivity index (χ2v) is 7.52. The molecule has 3 N–H and O–H groups in total. The molecule has 0 fully saturated rings. The Kier molecular flexibility index (Phi) is 9.72. The molecule has 0 aromatic heterocycles. The molecule has 32 heavy (non-hydrogen) atoms. The van der Waals surface area contributed by atoms with Crippen molar-refractivity contribution in [1.29, 1.82) is 5.26 Å². The predicted octanol–water partition coefficient (Wildman–Crippen LogP) is 3.56. The Labute approximate surface area is 188 Å². The number of nitrogens with zero attached hydrogens (tertiary/aromatic N) is 2. The summed E-state index contributed by atoms with van der Waals surface area (Å²) in [6.45, 7) is 4.37. The van der Waals surface area contributed by atoms with Crippen molar-refractivity contribution in [2.75, 3.05) is 16.8 Å². The van der Waals surface area contributed by atoms with Crippen LogP contribution >= 0.6 is 0 Å². The zero-order chi connectivity index (χ0) is 23.3. The van der Waals surface area contributed by atoms with E-state index in [2.05, 4.69) is 16.0 Å². The van der Waals surface area contributed by atoms with Crippen molar-refractivity contribution in [3.8, 4) is 6.07 Å². The second-order valence-electron chi connectivity index (χ2n) is 7.52. The zero-order valence-electron chi connectivity index (χ0n) is 18.4. The predicted molar refractivity (Wildman–Crippen MR) is 124 cm³/mol. The van der Waals surface area contributed by atoms with Crippen LogP contribution in [0.15, 0.2) is 54.6 Å². The molecular formula is C24H29N5O3. The Hall–Kier alpha value is -3.86. The monoisotopic (exact) mass is 435 g/mol. The summed E-state index contributed by atoms with van der Waals surface area (Å²) in [7, 11) is 0. The second kappa shape index (κ2) is 12.7. The van der Waals surface area contributed by atoms with E-state index >= 15 is 0 Å². The van der Waals surface area contributed by atoms with Crippen LogP contribution < -0.4 is 20.9 Å². The number of anilines is 2. The third-order valence-corrected chi connectivity index (χ3v) is 4.50. The van der Waals surface area contributed by atoms with E-state index < -0.39 is 0 Å². The summed E-state index contributed by atoms with van der Waals surface area (Å²) >= 11 is 0. The van der Waals surface area contributed by atoms with Gasteiger partial charge in [0.25, 0.3) is 0 Å². The summed E-state index contributed by atoms with van der Waals surface area (Å²) in [4.78, 5) is 38.1. The molecule has 0 saturated carbocycles. The van der Waals surface area contributed by atoms with Crippen LogP contribution in [0.2, 0.25) is 0 Å². The van der Waals surface area contributed by atoms with Gasteiger partial charge in [-0.25, -0.2) is 4.79 Å². The van der Waals surface area contributed by atoms with E-state index in [-0.39, 0.29) is 49.7 Å². The van der Waals surface area contributed by atoms with Gasteiger partial charge in [0.2, 0.25) is 11.8 Å². The molecule has 0 radical (unpaired) electrons. The molecule has 0 aliphatic carbocycles. The van der Waals surface area contributed by atoms with E-state index in [0.717, 1.165) is 5.56 Å². The topological polar surface area (TPSA) is 114 Å². The number of amides is 4. The maximum atomic E-state index is 12.6. The Morgan fingerprint density at radius 1 is 1.00 bits per heavy atom. The molecule has 2 rings (SSSR count). The number of hydrogen-bond acceptors (Lipinski definition) is 4. The summed E-state index contributed by atoms with van der Waals surface area (Å²) < 4.78 is 0. The van der Waals surface area contributed by atoms with Crippen LogP contribution in [0.1, 0.15) is 38.7 Å². The molecule has 8 nitrogen and oxygen atoms in total. The standard InChI is InChI=1S/C24H29N5O3/c1-18(2)27-24(32)28-20-11-9-19(10-12-20)17-26-22(30)13-14-23(31)29(16-6-15-25)21-7-4-3-5-8-21/h3-5,7-12,18H,6,13-14,16-17H2,1-2H3,(H,26,30)(H2,27,28,32). The van der Waals surface area contributed by atoms with Gasteiger partial charge in [-0.1, -0.05) is 30.3 Å². The minimum absolute atomic E-state index is 0.0440. The fourth-order valence-electron chi connectivity index (χ4n) is 2.95. The van der Waals surface area contributed by atoms with Gasteiger partial charge < -0.3 is 20.9 Å². The van der Waals surface area contributed by atoms with Crippen molar-refractivity contribution in [2.24, 2.45) is 0 Å². The Balaban J connectivity index is 1.80. The molecule has 0 heterocycles. The molecule has 4 amide bonds. The highest BCUT2D eigenvalue weighted by Gasteiger charge is 2.16. The first-order chi connectivity index (χ1) is 15.4. The quantitative estimate of drug-likeness (QED) is 0.529. The molecule has 8 heteroatoms. The number of nitriles is 1. The lowest BCUT2D eigenvalue weighted by Crippen LogP contribution is -2.34. The van der Waals surface area contributed by atoms with Crippen LogP contribution in [0.3, 0.4) is 0 Å². The van der Waals surface area contributed by atoms with E-state index in [1.807, 2.05) is 50.2 Å². The van der Waals surface area contributed by atoms with E-state index in [4.69, 9.17) is 5.26 Å². The average Bonchev–Trinajstić information content (AvgIpc) is 2.77. The molecule has 0 aliphatic rings. The first-order valence-corrected chi connectivity index (χ1v) is 10.5. The van der Waals surface area contributed by atoms with Crippen molar-refractivity contribution in [3.63, 3.8) is 0 Å². The summed E-state index contributed by atoms with van der Waals surface area (Å²) in [5.74, 6) is -0.429. The zero-order valence-corrected chi connectivity index (χ0v) is 18.4. The minimum atomic E-state index is -0.273. The molecule has 2 aromatic rings. The molecule has 0 aliphatic heterocycles. The summed E-state index contributed by atoms with van der Waals surface area (Å²) in [6, 6.07) is 18.1. The van der Waals surface area contributed by atoms with Crippen molar-refractivity contribution < 1.29 is 14.4 Å². The number of rotatable bonds is 10. The molecule has 0 spiro atoms. The lowest BCUT2D eigenvalue weighted by molar-refractivity contribution is -0.125. The van der Waals surface area contributed by atoms with Crippen LogP contribution in [-0.2, 0) is 16.1 Å². The summed E-state index contributed by atoms with van der Waals surface area (Å²) in [5.41, 5.74) is 2.24. The van der Waals surface area contributed by atoms with Crippen LogP contribution in [0.25, 0.3) is 0 Å². The van der Waals surface area contributed by atoms with Gasteiger partial charge in [-0.3, -0.25) is 9.59 Å². The molecule has 0 saturated heterocycles. The van der Waals surface area contributed by atoms with Crippen LogP contribution in [0, 0.1) is 11.3 Å². The van der Waals surface area contributed by atoms with Crippen molar-refractivity contribution in [1.82, 2.24) is 10.6 Å².